The van der Waals surface area contributed by atoms with E-state index in [0.29, 0.717) is 23.0 Å². The summed E-state index contributed by atoms with van der Waals surface area (Å²) in [4.78, 5) is 4.48. The maximum atomic E-state index is 11.9. The first-order chi connectivity index (χ1) is 12.0. The second kappa shape index (κ2) is 6.29. The zero-order valence-electron chi connectivity index (χ0n) is 13.6. The number of rotatable bonds is 2. The van der Waals surface area contributed by atoms with Crippen LogP contribution in [0.1, 0.15) is 29.9 Å². The summed E-state index contributed by atoms with van der Waals surface area (Å²) in [7, 11) is -3.59. The standard InChI is InChI=1S/C17H20N4O3S/c22-16-6-2-1-5-12(16)15-8-13(11-4-3-7-18-9-11)14-10-19-25(23,24)21-17(14)20-15/h1-2,5-6,8,11,18-19,22H,3-4,7,9-10H2,(H,20,21). The lowest BCUT2D eigenvalue weighted by molar-refractivity contribution is 0.459. The normalized spacial score (nSPS) is 22.0. The molecule has 25 heavy (non-hydrogen) atoms. The topological polar surface area (TPSA) is 103 Å². The maximum absolute atomic E-state index is 11.9. The SMILES string of the molecule is O=S1(=O)NCc2c(C3CCCNC3)cc(-c3ccccc3O)nc2N1. The van der Waals surface area contributed by atoms with Crippen LogP contribution in [0, 0.1) is 0 Å². The van der Waals surface area contributed by atoms with Crippen LogP contribution in [0.2, 0.25) is 0 Å². The number of phenols is 1. The molecule has 2 aliphatic rings. The molecule has 1 aromatic heterocycles. The summed E-state index contributed by atoms with van der Waals surface area (Å²) < 4.78 is 28.8. The van der Waals surface area contributed by atoms with Crippen molar-refractivity contribution < 1.29 is 13.5 Å². The average Bonchev–Trinajstić information content (AvgIpc) is 2.61. The third kappa shape index (κ3) is 3.20. The number of aromatic hydroxyl groups is 1. The molecular formula is C17H20N4O3S. The third-order valence-electron chi connectivity index (χ3n) is 4.75. The summed E-state index contributed by atoms with van der Waals surface area (Å²) in [6, 6.07) is 8.93. The van der Waals surface area contributed by atoms with Crippen molar-refractivity contribution in [2.45, 2.75) is 25.3 Å². The van der Waals surface area contributed by atoms with Crippen LogP contribution in [0.3, 0.4) is 0 Å². The zero-order chi connectivity index (χ0) is 17.4. The van der Waals surface area contributed by atoms with Crippen molar-refractivity contribution in [2.24, 2.45) is 0 Å². The molecule has 2 aliphatic heterocycles. The van der Waals surface area contributed by atoms with Crippen molar-refractivity contribution in [2.75, 3.05) is 17.8 Å². The van der Waals surface area contributed by atoms with Crippen LogP contribution < -0.4 is 14.8 Å². The predicted molar refractivity (Wildman–Crippen MR) is 95.6 cm³/mol. The smallest absolute Gasteiger partial charge is 0.300 e. The lowest BCUT2D eigenvalue weighted by Gasteiger charge is -2.29. The van der Waals surface area contributed by atoms with E-state index >= 15 is 0 Å². The number of aromatic nitrogens is 1. The Morgan fingerprint density at radius 1 is 1.24 bits per heavy atom. The Labute approximate surface area is 146 Å². The fraction of sp³-hybridized carbons (Fsp3) is 0.353. The van der Waals surface area contributed by atoms with Crippen LogP contribution in [0.25, 0.3) is 11.3 Å². The highest BCUT2D eigenvalue weighted by atomic mass is 32.2. The lowest BCUT2D eigenvalue weighted by atomic mass is 9.87. The molecule has 4 N–H and O–H groups in total. The van der Waals surface area contributed by atoms with Gasteiger partial charge in [0, 0.05) is 24.2 Å². The fourth-order valence-electron chi connectivity index (χ4n) is 3.50. The highest BCUT2D eigenvalue weighted by Gasteiger charge is 2.28. The first-order valence-corrected chi connectivity index (χ1v) is 9.82. The summed E-state index contributed by atoms with van der Waals surface area (Å²) in [6.45, 7) is 2.08. The van der Waals surface area contributed by atoms with E-state index in [-0.39, 0.29) is 12.3 Å². The minimum absolute atomic E-state index is 0.125. The summed E-state index contributed by atoms with van der Waals surface area (Å²) in [6.07, 6.45) is 2.11. The number of nitrogens with one attached hydrogen (secondary N) is 3. The number of piperidine rings is 1. The van der Waals surface area contributed by atoms with Crippen molar-refractivity contribution in [1.29, 1.82) is 0 Å². The number of benzene rings is 1. The van der Waals surface area contributed by atoms with Crippen LogP contribution >= 0.6 is 0 Å². The second-order valence-electron chi connectivity index (χ2n) is 6.41. The van der Waals surface area contributed by atoms with Gasteiger partial charge < -0.3 is 10.4 Å². The zero-order valence-corrected chi connectivity index (χ0v) is 14.4. The Morgan fingerprint density at radius 3 is 2.84 bits per heavy atom. The van der Waals surface area contributed by atoms with Crippen molar-refractivity contribution in [1.82, 2.24) is 15.0 Å². The number of para-hydroxylation sites is 1. The van der Waals surface area contributed by atoms with Crippen LogP contribution in [0.4, 0.5) is 5.82 Å². The number of nitrogens with zero attached hydrogens (tertiary/aromatic N) is 1. The Hall–Kier alpha value is -2.16. The van der Waals surface area contributed by atoms with Crippen LogP contribution in [-0.4, -0.2) is 31.6 Å². The number of phenolic OH excluding ortho intramolecular Hbond substituents is 1. The Morgan fingerprint density at radius 2 is 2.08 bits per heavy atom. The van der Waals surface area contributed by atoms with Gasteiger partial charge in [0.15, 0.2) is 0 Å². The molecule has 0 bridgehead atoms. The van der Waals surface area contributed by atoms with E-state index in [1.165, 1.54) is 0 Å². The van der Waals surface area contributed by atoms with E-state index < -0.39 is 10.2 Å². The van der Waals surface area contributed by atoms with E-state index in [4.69, 9.17) is 0 Å². The molecule has 1 unspecified atom stereocenters. The van der Waals surface area contributed by atoms with Crippen LogP contribution in [0.15, 0.2) is 30.3 Å². The van der Waals surface area contributed by atoms with Crippen molar-refractivity contribution in [3.8, 4) is 17.0 Å². The van der Waals surface area contributed by atoms with Gasteiger partial charge in [0.2, 0.25) is 0 Å². The molecule has 0 aliphatic carbocycles. The monoisotopic (exact) mass is 360 g/mol. The fourth-order valence-corrected chi connectivity index (χ4v) is 4.33. The van der Waals surface area contributed by atoms with Gasteiger partial charge in [-0.2, -0.15) is 13.1 Å². The molecule has 1 saturated heterocycles. The van der Waals surface area contributed by atoms with Gasteiger partial charge in [-0.3, -0.25) is 4.72 Å². The third-order valence-corrected chi connectivity index (χ3v) is 5.73. The largest absolute Gasteiger partial charge is 0.507 e. The van der Waals surface area contributed by atoms with Crippen molar-refractivity contribution in [3.05, 3.63) is 41.5 Å². The van der Waals surface area contributed by atoms with Gasteiger partial charge in [-0.1, -0.05) is 12.1 Å². The van der Waals surface area contributed by atoms with Gasteiger partial charge in [-0.05, 0) is 49.1 Å². The summed E-state index contributed by atoms with van der Waals surface area (Å²) in [5, 5.41) is 13.6. The van der Waals surface area contributed by atoms with Gasteiger partial charge in [0.25, 0.3) is 0 Å². The molecular weight excluding hydrogens is 340 g/mol. The molecule has 4 rings (SSSR count). The Balaban J connectivity index is 1.87. The summed E-state index contributed by atoms with van der Waals surface area (Å²) in [5.74, 6) is 0.763. The molecule has 0 saturated carbocycles. The maximum Gasteiger partial charge on any atom is 0.300 e. The van der Waals surface area contributed by atoms with Gasteiger partial charge in [-0.25, -0.2) is 4.98 Å². The molecule has 8 heteroatoms. The van der Waals surface area contributed by atoms with Gasteiger partial charge in [0.05, 0.1) is 5.69 Å². The van der Waals surface area contributed by atoms with Gasteiger partial charge in [-0.15, -0.1) is 0 Å². The minimum Gasteiger partial charge on any atom is -0.507 e. The van der Waals surface area contributed by atoms with Crippen molar-refractivity contribution in [3.63, 3.8) is 0 Å². The molecule has 1 atom stereocenters. The van der Waals surface area contributed by atoms with E-state index in [1.54, 1.807) is 18.2 Å². The molecule has 1 fully saturated rings. The van der Waals surface area contributed by atoms with Crippen LogP contribution in [0.5, 0.6) is 5.75 Å². The number of hydrogen-bond acceptors (Lipinski definition) is 5. The number of fused-ring (bicyclic) bond motifs is 1. The first-order valence-electron chi connectivity index (χ1n) is 8.34. The second-order valence-corrected chi connectivity index (χ2v) is 7.91. The highest BCUT2D eigenvalue weighted by molar-refractivity contribution is 7.90. The Kier molecular flexibility index (Phi) is 4.10. The van der Waals surface area contributed by atoms with Crippen molar-refractivity contribution >= 4 is 16.0 Å². The summed E-state index contributed by atoms with van der Waals surface area (Å²) >= 11 is 0. The van der Waals surface area contributed by atoms with Crippen LogP contribution in [-0.2, 0) is 16.8 Å². The average molecular weight is 360 g/mol. The van der Waals surface area contributed by atoms with E-state index in [1.807, 2.05) is 12.1 Å². The molecule has 0 radical (unpaired) electrons. The molecule has 1 aromatic carbocycles. The van der Waals surface area contributed by atoms with E-state index in [9.17, 15) is 13.5 Å². The molecule has 2 aromatic rings. The highest BCUT2D eigenvalue weighted by Crippen LogP contribution is 2.37. The molecule has 7 nitrogen and oxygen atoms in total. The predicted octanol–water partition coefficient (Wildman–Crippen LogP) is 1.68. The quantitative estimate of drug-likeness (QED) is 0.652. The molecule has 0 spiro atoms. The molecule has 132 valence electrons. The number of hydrogen-bond donors (Lipinski definition) is 4. The lowest BCUT2D eigenvalue weighted by Crippen LogP contribution is -2.37. The Bertz CT molecular complexity index is 908. The number of anilines is 1. The first kappa shape index (κ1) is 16.3. The molecule has 0 amide bonds. The molecule has 3 heterocycles. The van der Waals surface area contributed by atoms with Gasteiger partial charge >= 0.3 is 10.2 Å². The number of pyridine rings is 1. The summed E-state index contributed by atoms with van der Waals surface area (Å²) in [5.41, 5.74) is 3.11. The minimum atomic E-state index is -3.59. The van der Waals surface area contributed by atoms with Gasteiger partial charge in [0.1, 0.15) is 11.6 Å². The van der Waals surface area contributed by atoms with E-state index in [0.717, 1.165) is 37.1 Å². The van der Waals surface area contributed by atoms with E-state index in [2.05, 4.69) is 19.7 Å².